The van der Waals surface area contributed by atoms with Crippen molar-refractivity contribution in [3.63, 3.8) is 0 Å². The maximum atomic E-state index is 12.9. The summed E-state index contributed by atoms with van der Waals surface area (Å²) >= 11 is 0. The molecule has 0 fully saturated rings. The van der Waals surface area contributed by atoms with Gasteiger partial charge in [0, 0.05) is 6.54 Å². The minimum absolute atomic E-state index is 0.0441. The third kappa shape index (κ3) is 12.0. The van der Waals surface area contributed by atoms with E-state index in [1.807, 2.05) is 6.92 Å². The van der Waals surface area contributed by atoms with Gasteiger partial charge in [-0.2, -0.15) is 0 Å². The van der Waals surface area contributed by atoms with Crippen LogP contribution in [0.2, 0.25) is 0 Å². The molecule has 0 bridgehead atoms. The van der Waals surface area contributed by atoms with Crippen molar-refractivity contribution in [1.29, 1.82) is 0 Å². The van der Waals surface area contributed by atoms with Gasteiger partial charge in [0.2, 0.25) is 23.6 Å². The monoisotopic (exact) mass is 500 g/mol. The molecule has 12 N–H and O–H groups in total. The van der Waals surface area contributed by atoms with Crippen LogP contribution in [0.4, 0.5) is 0 Å². The largest absolute Gasteiger partial charge is 0.480 e. The lowest BCUT2D eigenvalue weighted by Gasteiger charge is -2.26. The minimum atomic E-state index is -1.39. The molecular formula is C21H40N8O6. The van der Waals surface area contributed by atoms with E-state index in [1.165, 1.54) is 0 Å². The average molecular weight is 501 g/mol. The third-order valence-corrected chi connectivity index (χ3v) is 5.41. The fraction of sp³-hybridized carbons (Fsp3) is 0.714. The molecule has 0 aromatic heterocycles. The Morgan fingerprint density at radius 2 is 1.43 bits per heavy atom. The van der Waals surface area contributed by atoms with Gasteiger partial charge in [0.15, 0.2) is 5.96 Å². The summed E-state index contributed by atoms with van der Waals surface area (Å²) in [5.41, 5.74) is 21.7. The van der Waals surface area contributed by atoms with E-state index in [2.05, 4.69) is 20.9 Å². The van der Waals surface area contributed by atoms with Crippen LogP contribution in [0.5, 0.6) is 0 Å². The highest BCUT2D eigenvalue weighted by atomic mass is 16.4. The van der Waals surface area contributed by atoms with Gasteiger partial charge < -0.3 is 44.0 Å². The molecule has 4 amide bonds. The van der Waals surface area contributed by atoms with Crippen molar-refractivity contribution < 1.29 is 29.1 Å². The lowest BCUT2D eigenvalue weighted by molar-refractivity contribution is -0.143. The summed E-state index contributed by atoms with van der Waals surface area (Å²) in [4.78, 5) is 65.1. The van der Waals surface area contributed by atoms with Crippen molar-refractivity contribution in [1.82, 2.24) is 16.0 Å². The number of carboxylic acid groups (broad SMARTS) is 1. The van der Waals surface area contributed by atoms with Crippen LogP contribution in [0.25, 0.3) is 0 Å². The zero-order valence-electron chi connectivity index (χ0n) is 20.7. The van der Waals surface area contributed by atoms with Gasteiger partial charge in [0.05, 0.1) is 12.5 Å². The first-order valence-corrected chi connectivity index (χ1v) is 11.4. The van der Waals surface area contributed by atoms with Crippen molar-refractivity contribution >= 4 is 35.6 Å². The van der Waals surface area contributed by atoms with E-state index in [4.69, 9.17) is 22.9 Å². The van der Waals surface area contributed by atoms with Crippen molar-refractivity contribution in [2.24, 2.45) is 39.8 Å². The molecule has 0 saturated heterocycles. The Labute approximate surface area is 205 Å². The molecule has 0 aliphatic heterocycles. The summed E-state index contributed by atoms with van der Waals surface area (Å²) in [6.45, 7) is 6.99. The summed E-state index contributed by atoms with van der Waals surface area (Å²) in [6.07, 6.45) is 0.389. The molecule has 0 saturated carbocycles. The number of amides is 4. The van der Waals surface area contributed by atoms with Gasteiger partial charge in [0.1, 0.15) is 18.1 Å². The number of hydrogen-bond donors (Lipinski definition) is 8. The molecule has 14 heteroatoms. The predicted molar refractivity (Wildman–Crippen MR) is 129 cm³/mol. The van der Waals surface area contributed by atoms with Crippen LogP contribution in [0.1, 0.15) is 53.4 Å². The molecule has 0 aliphatic carbocycles. The molecule has 0 aromatic carbocycles. The first-order chi connectivity index (χ1) is 16.2. The summed E-state index contributed by atoms with van der Waals surface area (Å²) in [5, 5.41) is 16.6. The highest BCUT2D eigenvalue weighted by molar-refractivity contribution is 5.96. The lowest BCUT2D eigenvalue weighted by atomic mass is 9.98. The van der Waals surface area contributed by atoms with E-state index in [0.29, 0.717) is 6.42 Å². The summed E-state index contributed by atoms with van der Waals surface area (Å²) < 4.78 is 0. The number of nitrogens with two attached hydrogens (primary N) is 4. The van der Waals surface area contributed by atoms with Gasteiger partial charge in [-0.15, -0.1) is 0 Å². The number of hydrogen-bond acceptors (Lipinski definition) is 7. The Kier molecular flexibility index (Phi) is 14.0. The van der Waals surface area contributed by atoms with Crippen molar-refractivity contribution in [3.05, 3.63) is 0 Å². The Hall–Kier alpha value is -3.42. The third-order valence-electron chi connectivity index (χ3n) is 5.41. The normalized spacial score (nSPS) is 15.1. The molecule has 0 radical (unpaired) electrons. The van der Waals surface area contributed by atoms with Gasteiger partial charge >= 0.3 is 5.97 Å². The first kappa shape index (κ1) is 31.6. The topological polar surface area (TPSA) is 258 Å². The molecule has 0 rings (SSSR count). The minimum Gasteiger partial charge on any atom is -0.480 e. The Morgan fingerprint density at radius 3 is 1.89 bits per heavy atom. The van der Waals surface area contributed by atoms with E-state index in [-0.39, 0.29) is 31.3 Å². The predicted octanol–water partition coefficient (Wildman–Crippen LogP) is -2.52. The summed E-state index contributed by atoms with van der Waals surface area (Å²) in [7, 11) is 0. The van der Waals surface area contributed by atoms with Crippen LogP contribution in [-0.2, 0) is 24.0 Å². The number of nitrogens with one attached hydrogen (secondary N) is 3. The second kappa shape index (κ2) is 15.5. The molecule has 0 heterocycles. The molecule has 200 valence electrons. The van der Waals surface area contributed by atoms with Gasteiger partial charge in [0.25, 0.3) is 0 Å². The van der Waals surface area contributed by atoms with Crippen LogP contribution >= 0.6 is 0 Å². The maximum Gasteiger partial charge on any atom is 0.326 e. The van der Waals surface area contributed by atoms with E-state index < -0.39 is 66.1 Å². The fourth-order valence-electron chi connectivity index (χ4n) is 3.00. The van der Waals surface area contributed by atoms with Crippen molar-refractivity contribution in [2.75, 3.05) is 6.54 Å². The zero-order chi connectivity index (χ0) is 27.3. The highest BCUT2D eigenvalue weighted by Gasteiger charge is 2.32. The number of nitrogens with zero attached hydrogens (tertiary/aromatic N) is 1. The zero-order valence-corrected chi connectivity index (χ0v) is 20.7. The standard InChI is InChI=1S/C21H40N8O6/c1-5-11(4)15(23)19(33)28-13(9-14(22)30)18(32)27-12(7-6-8-26-21(24)25)17(31)29-16(10(2)3)20(34)35/h10-13,15-16H,5-9,23H2,1-4H3,(H2,22,30)(H,27,32)(H,28,33)(H,29,31)(H,34,35)(H4,24,25,26). The number of carboxylic acids is 1. The second-order valence-electron chi connectivity index (χ2n) is 8.72. The molecular weight excluding hydrogens is 460 g/mol. The van der Waals surface area contributed by atoms with Gasteiger partial charge in [-0.25, -0.2) is 4.79 Å². The molecule has 5 atom stereocenters. The molecule has 0 aliphatic rings. The SMILES string of the molecule is CCC(C)C(N)C(=O)NC(CC(N)=O)C(=O)NC(CCCN=C(N)N)C(=O)NC(C(=O)O)C(C)C. The number of carbonyl (C=O) groups is 5. The maximum absolute atomic E-state index is 12.9. The number of rotatable bonds is 16. The van der Waals surface area contributed by atoms with Crippen molar-refractivity contribution in [2.45, 2.75) is 77.5 Å². The fourth-order valence-corrected chi connectivity index (χ4v) is 3.00. The Morgan fingerprint density at radius 1 is 0.886 bits per heavy atom. The van der Waals surface area contributed by atoms with E-state index >= 15 is 0 Å². The van der Waals surface area contributed by atoms with Crippen LogP contribution in [-0.4, -0.2) is 71.4 Å². The van der Waals surface area contributed by atoms with Crippen LogP contribution in [0.3, 0.4) is 0 Å². The number of aliphatic carboxylic acids is 1. The quantitative estimate of drug-likeness (QED) is 0.0631. The number of primary amides is 1. The first-order valence-electron chi connectivity index (χ1n) is 11.4. The molecule has 35 heavy (non-hydrogen) atoms. The van der Waals surface area contributed by atoms with E-state index in [0.717, 1.165) is 0 Å². The number of carbonyl (C=O) groups excluding carboxylic acids is 4. The van der Waals surface area contributed by atoms with E-state index in [1.54, 1.807) is 20.8 Å². The highest BCUT2D eigenvalue weighted by Crippen LogP contribution is 2.08. The van der Waals surface area contributed by atoms with Gasteiger partial charge in [-0.3, -0.25) is 24.2 Å². The van der Waals surface area contributed by atoms with Gasteiger partial charge in [-0.05, 0) is 24.7 Å². The Balaban J connectivity index is 5.67. The van der Waals surface area contributed by atoms with Gasteiger partial charge in [-0.1, -0.05) is 34.1 Å². The van der Waals surface area contributed by atoms with E-state index in [9.17, 15) is 29.1 Å². The molecule has 0 spiro atoms. The van der Waals surface area contributed by atoms with Crippen molar-refractivity contribution in [3.8, 4) is 0 Å². The van der Waals surface area contributed by atoms with Crippen LogP contribution in [0, 0.1) is 11.8 Å². The van der Waals surface area contributed by atoms with Crippen LogP contribution in [0.15, 0.2) is 4.99 Å². The number of guanidine groups is 1. The number of aliphatic imine (C=N–C) groups is 1. The molecule has 0 aromatic rings. The van der Waals surface area contributed by atoms with Crippen LogP contribution < -0.4 is 38.9 Å². The lowest BCUT2D eigenvalue weighted by Crippen LogP contribution is -2.58. The second-order valence-corrected chi connectivity index (χ2v) is 8.72. The Bertz CT molecular complexity index is 784. The summed E-state index contributed by atoms with van der Waals surface area (Å²) in [6, 6.07) is -4.71. The smallest absolute Gasteiger partial charge is 0.326 e. The molecule has 14 nitrogen and oxygen atoms in total. The summed E-state index contributed by atoms with van der Waals surface area (Å²) in [5.74, 6) is -5.14. The average Bonchev–Trinajstić information content (AvgIpc) is 2.76. The molecule has 5 unspecified atom stereocenters.